The monoisotopic (exact) mass is 562 g/mol. The molecule has 1 saturated carbocycles. The van der Waals surface area contributed by atoms with Gasteiger partial charge in [0.05, 0.1) is 25.9 Å². The molecule has 5 rings (SSSR count). The molecule has 41 heavy (non-hydrogen) atoms. The number of rotatable bonds is 11. The number of likely N-dealkylation sites (tertiary alicyclic amines) is 1. The van der Waals surface area contributed by atoms with Gasteiger partial charge in [-0.05, 0) is 59.9 Å². The summed E-state index contributed by atoms with van der Waals surface area (Å²) in [5.74, 6) is -1.08. The maximum absolute atomic E-state index is 14.3. The number of piperidine rings is 1. The fourth-order valence-corrected chi connectivity index (χ4v) is 6.55. The van der Waals surface area contributed by atoms with Crippen LogP contribution in [0.2, 0.25) is 0 Å². The van der Waals surface area contributed by atoms with Gasteiger partial charge in [-0.25, -0.2) is 0 Å². The Kier molecular flexibility index (Phi) is 8.80. The van der Waals surface area contributed by atoms with Gasteiger partial charge >= 0.3 is 5.97 Å². The van der Waals surface area contributed by atoms with E-state index in [4.69, 9.17) is 14.2 Å². The second kappa shape index (κ2) is 12.3. The average molecular weight is 563 g/mol. The number of fused-ring (bicyclic) bond motifs is 2. The van der Waals surface area contributed by atoms with Crippen molar-refractivity contribution in [2.75, 3.05) is 27.4 Å². The zero-order valence-electron chi connectivity index (χ0n) is 24.6. The second-order valence-corrected chi connectivity index (χ2v) is 12.0. The lowest BCUT2D eigenvalue weighted by molar-refractivity contribution is -0.182. The van der Waals surface area contributed by atoms with Crippen LogP contribution in [-0.2, 0) is 35.1 Å². The number of benzene rings is 2. The lowest BCUT2D eigenvalue weighted by atomic mass is 9.64. The van der Waals surface area contributed by atoms with E-state index in [1.165, 1.54) is 7.11 Å². The fraction of sp³-hybridized carbons (Fsp3) is 0.545. The van der Waals surface area contributed by atoms with Crippen LogP contribution in [0.3, 0.4) is 0 Å². The van der Waals surface area contributed by atoms with E-state index in [1.54, 1.807) is 12.0 Å². The molecule has 8 nitrogen and oxygen atoms in total. The van der Waals surface area contributed by atoms with Gasteiger partial charge < -0.3 is 24.4 Å². The fourth-order valence-electron chi connectivity index (χ4n) is 6.55. The largest absolute Gasteiger partial charge is 0.468 e. The predicted octanol–water partition coefficient (Wildman–Crippen LogP) is 4.61. The topological polar surface area (TPSA) is 94.2 Å². The molecule has 1 N–H and O–H groups in total. The Labute approximate surface area is 242 Å². The molecule has 1 saturated heterocycles. The third-order valence-electron chi connectivity index (χ3n) is 8.79. The van der Waals surface area contributed by atoms with E-state index < -0.39 is 23.4 Å². The molecule has 8 heteroatoms. The molecule has 220 valence electrons. The maximum Gasteiger partial charge on any atom is 0.320 e. The third kappa shape index (κ3) is 5.77. The number of carbonyl (C=O) groups is 3. The van der Waals surface area contributed by atoms with Crippen LogP contribution in [0.4, 0.5) is 0 Å². The number of nitrogens with zero attached hydrogens (tertiary/aromatic N) is 1. The summed E-state index contributed by atoms with van der Waals surface area (Å²) in [4.78, 5) is 43.1. The van der Waals surface area contributed by atoms with Crippen LogP contribution in [0.5, 0.6) is 0 Å². The van der Waals surface area contributed by atoms with E-state index in [-0.39, 0.29) is 42.6 Å². The van der Waals surface area contributed by atoms with Crippen molar-refractivity contribution in [1.29, 1.82) is 0 Å². The zero-order valence-corrected chi connectivity index (χ0v) is 24.6. The van der Waals surface area contributed by atoms with Crippen molar-refractivity contribution in [3.63, 3.8) is 0 Å². The van der Waals surface area contributed by atoms with Gasteiger partial charge in [0.2, 0.25) is 11.8 Å². The second-order valence-electron chi connectivity index (χ2n) is 12.0. The van der Waals surface area contributed by atoms with Crippen LogP contribution in [0.25, 0.3) is 10.8 Å². The van der Waals surface area contributed by atoms with Gasteiger partial charge in [0.25, 0.3) is 0 Å². The molecule has 0 spiro atoms. The first-order valence-corrected chi connectivity index (χ1v) is 14.8. The first-order valence-electron chi connectivity index (χ1n) is 14.8. The maximum atomic E-state index is 14.3. The third-order valence-corrected chi connectivity index (χ3v) is 8.79. The smallest absolute Gasteiger partial charge is 0.320 e. The molecule has 2 aliphatic heterocycles. The van der Waals surface area contributed by atoms with Gasteiger partial charge in [-0.3, -0.25) is 14.4 Å². The summed E-state index contributed by atoms with van der Waals surface area (Å²) in [6.45, 7) is 5.47. The first-order chi connectivity index (χ1) is 19.8. The Balaban J connectivity index is 1.58. The van der Waals surface area contributed by atoms with Crippen LogP contribution in [-0.4, -0.2) is 62.3 Å². The number of esters is 1. The van der Waals surface area contributed by atoms with Crippen molar-refractivity contribution in [2.45, 2.75) is 64.7 Å². The lowest BCUT2D eigenvalue weighted by Crippen LogP contribution is -2.61. The van der Waals surface area contributed by atoms with Gasteiger partial charge in [0, 0.05) is 38.3 Å². The van der Waals surface area contributed by atoms with Crippen molar-refractivity contribution in [3.05, 3.63) is 59.8 Å². The molecule has 4 atom stereocenters. The van der Waals surface area contributed by atoms with E-state index in [0.29, 0.717) is 31.8 Å². The van der Waals surface area contributed by atoms with E-state index in [0.717, 1.165) is 29.2 Å². The number of hydrogen-bond donors (Lipinski definition) is 1. The molecule has 2 fully saturated rings. The summed E-state index contributed by atoms with van der Waals surface area (Å²) in [5, 5.41) is 5.05. The van der Waals surface area contributed by atoms with Crippen LogP contribution in [0.15, 0.2) is 54.2 Å². The van der Waals surface area contributed by atoms with Crippen molar-refractivity contribution >= 4 is 28.6 Å². The van der Waals surface area contributed by atoms with E-state index in [1.807, 2.05) is 30.3 Å². The van der Waals surface area contributed by atoms with E-state index in [2.05, 4.69) is 37.4 Å². The molecular formula is C33H42N2O6. The number of ether oxygens (including phenoxy) is 3. The molecule has 2 aromatic carbocycles. The Bertz CT molecular complexity index is 1310. The summed E-state index contributed by atoms with van der Waals surface area (Å²) in [6, 6.07) is 14.2. The van der Waals surface area contributed by atoms with Crippen LogP contribution in [0, 0.1) is 23.2 Å². The number of methoxy groups -OCH3 is 2. The van der Waals surface area contributed by atoms with Gasteiger partial charge in [0.1, 0.15) is 5.41 Å². The lowest BCUT2D eigenvalue weighted by Gasteiger charge is -2.53. The number of nitrogens with one attached hydrogen (secondary N) is 1. The Morgan fingerprint density at radius 2 is 1.88 bits per heavy atom. The highest BCUT2D eigenvalue weighted by Gasteiger charge is 2.63. The van der Waals surface area contributed by atoms with Crippen molar-refractivity contribution < 1.29 is 28.6 Å². The molecular weight excluding hydrogens is 520 g/mol. The van der Waals surface area contributed by atoms with Crippen molar-refractivity contribution in [1.82, 2.24) is 10.2 Å². The number of hydrogen-bond acceptors (Lipinski definition) is 6. The zero-order chi connectivity index (χ0) is 29.1. The summed E-state index contributed by atoms with van der Waals surface area (Å²) in [7, 11) is 3.02. The molecule has 2 amide bonds. The van der Waals surface area contributed by atoms with Gasteiger partial charge in [0.15, 0.2) is 0 Å². The van der Waals surface area contributed by atoms with Crippen molar-refractivity contribution in [2.24, 2.45) is 23.2 Å². The summed E-state index contributed by atoms with van der Waals surface area (Å²) < 4.78 is 17.3. The molecule has 2 heterocycles. The van der Waals surface area contributed by atoms with Crippen molar-refractivity contribution in [3.8, 4) is 0 Å². The summed E-state index contributed by atoms with van der Waals surface area (Å²) >= 11 is 0. The predicted molar refractivity (Wildman–Crippen MR) is 155 cm³/mol. The normalized spacial score (nSPS) is 26.1. The standard InChI is InChI=1S/C33H42N2O6/c1-21(2)27-18-28-33(32(38)40-4,30(41-27)23-13-14-23)19-25(17-29(36)34-15-8-16-39-3)31(37)35(28)20-24-11-7-10-22-9-5-6-12-26(22)24/h5-7,9-12,18,21,23,25,27,30H,8,13-17,19-20H2,1-4H3,(H,34,36)/t25-,27+,30+,33+/m0/s1. The Morgan fingerprint density at radius 3 is 2.59 bits per heavy atom. The highest BCUT2D eigenvalue weighted by molar-refractivity contribution is 5.93. The molecule has 0 radical (unpaired) electrons. The number of carbonyl (C=O) groups excluding carboxylic acids is 3. The van der Waals surface area contributed by atoms with Gasteiger partial charge in [-0.15, -0.1) is 0 Å². The molecule has 1 aliphatic carbocycles. The SMILES string of the molecule is COCCCNC(=O)C[C@H]1C[C@@]2(C(=O)OC)C(=C[C@H](C(C)C)O[C@@H]2C2CC2)N(Cc2cccc3ccccc23)C1=O. The summed E-state index contributed by atoms with van der Waals surface area (Å²) in [6.07, 6.45) is 4.11. The van der Waals surface area contributed by atoms with Crippen LogP contribution in [0.1, 0.15) is 51.5 Å². The van der Waals surface area contributed by atoms with Crippen LogP contribution >= 0.6 is 0 Å². The highest BCUT2D eigenvalue weighted by atomic mass is 16.5. The van der Waals surface area contributed by atoms with E-state index >= 15 is 0 Å². The minimum Gasteiger partial charge on any atom is -0.468 e. The highest BCUT2D eigenvalue weighted by Crippen LogP contribution is 2.56. The average Bonchev–Trinajstić information content (AvgIpc) is 3.82. The first kappa shape index (κ1) is 29.3. The molecule has 0 bridgehead atoms. The quantitative estimate of drug-likeness (QED) is 0.318. The summed E-state index contributed by atoms with van der Waals surface area (Å²) in [5.41, 5.74) is 0.484. The molecule has 0 unspecified atom stereocenters. The van der Waals surface area contributed by atoms with Crippen LogP contribution < -0.4 is 5.32 Å². The van der Waals surface area contributed by atoms with Gasteiger partial charge in [-0.1, -0.05) is 56.3 Å². The molecule has 0 aromatic heterocycles. The minimum atomic E-state index is -1.17. The Hall–Kier alpha value is -3.23. The van der Waals surface area contributed by atoms with E-state index in [9.17, 15) is 14.4 Å². The minimum absolute atomic E-state index is 0.00509. The molecule has 2 aromatic rings. The Morgan fingerprint density at radius 1 is 1.12 bits per heavy atom. The molecule has 3 aliphatic rings. The van der Waals surface area contributed by atoms with Gasteiger partial charge in [-0.2, -0.15) is 0 Å². The number of amides is 2.